The fraction of sp³-hybridized carbons (Fsp3) is 0.500. The third-order valence-corrected chi connectivity index (χ3v) is 4.18. The minimum absolute atomic E-state index is 0.0932. The Morgan fingerprint density at radius 1 is 1.00 bits per heavy atom. The zero-order valence-corrected chi connectivity index (χ0v) is 13.7. The number of hydrogen-bond acceptors (Lipinski definition) is 2. The van der Waals surface area contributed by atoms with Gasteiger partial charge in [0.05, 0.1) is 6.54 Å². The summed E-state index contributed by atoms with van der Waals surface area (Å²) in [6.07, 6.45) is 4.38. The lowest BCUT2D eigenvalue weighted by atomic mass is 10.2. The van der Waals surface area contributed by atoms with E-state index in [2.05, 4.69) is 15.9 Å². The fourth-order valence-corrected chi connectivity index (χ4v) is 2.84. The van der Waals surface area contributed by atoms with Gasteiger partial charge in [-0.05, 0) is 18.4 Å². The monoisotopic (exact) mass is 352 g/mol. The molecular weight excluding hydrogens is 332 g/mol. The smallest absolute Gasteiger partial charge is 0.315 e. The van der Waals surface area contributed by atoms with Crippen LogP contribution < -0.4 is 0 Å². The molecule has 0 saturated carbocycles. The van der Waals surface area contributed by atoms with Crippen LogP contribution in [0.5, 0.6) is 0 Å². The third kappa shape index (κ3) is 4.56. The van der Waals surface area contributed by atoms with Crippen LogP contribution in [0.25, 0.3) is 0 Å². The van der Waals surface area contributed by atoms with Crippen molar-refractivity contribution in [2.75, 3.05) is 18.4 Å². The van der Waals surface area contributed by atoms with Crippen molar-refractivity contribution >= 4 is 27.9 Å². The minimum Gasteiger partial charge on any atom is -0.315 e. The largest absolute Gasteiger partial charge is 0.327 e. The molecule has 1 heterocycles. The maximum absolute atomic E-state index is 12.3. The number of unbranched alkanes of at least 4 members (excludes halogenated alkanes) is 3. The lowest BCUT2D eigenvalue weighted by Gasteiger charge is -2.17. The molecule has 1 aliphatic rings. The Kier molecular flexibility index (Phi) is 6.23. The van der Waals surface area contributed by atoms with Gasteiger partial charge < -0.3 is 4.90 Å². The van der Waals surface area contributed by atoms with Gasteiger partial charge in [0.1, 0.15) is 6.54 Å². The zero-order valence-electron chi connectivity index (χ0n) is 12.1. The Morgan fingerprint density at radius 2 is 1.71 bits per heavy atom. The molecule has 0 N–H and O–H groups in total. The Balaban J connectivity index is 1.82. The van der Waals surface area contributed by atoms with Crippen LogP contribution in [-0.2, 0) is 11.3 Å². The highest BCUT2D eigenvalue weighted by Gasteiger charge is 2.35. The molecule has 1 aromatic rings. The van der Waals surface area contributed by atoms with E-state index in [4.69, 9.17) is 0 Å². The number of halogens is 1. The van der Waals surface area contributed by atoms with Gasteiger partial charge >= 0.3 is 6.03 Å². The molecule has 3 amide bonds. The molecule has 114 valence electrons. The fourth-order valence-electron chi connectivity index (χ4n) is 2.44. The number of benzene rings is 1. The SMILES string of the molecule is O=C1CN(CCCCCCBr)C(=O)N1Cc1ccccc1. The summed E-state index contributed by atoms with van der Waals surface area (Å²) in [6, 6.07) is 9.48. The van der Waals surface area contributed by atoms with E-state index in [0.717, 1.165) is 36.6 Å². The van der Waals surface area contributed by atoms with E-state index in [1.54, 1.807) is 4.90 Å². The van der Waals surface area contributed by atoms with E-state index in [-0.39, 0.29) is 18.5 Å². The summed E-state index contributed by atoms with van der Waals surface area (Å²) in [7, 11) is 0. The summed E-state index contributed by atoms with van der Waals surface area (Å²) in [5, 5.41) is 1.03. The zero-order chi connectivity index (χ0) is 15.1. The first-order valence-electron chi connectivity index (χ1n) is 7.41. The molecule has 1 saturated heterocycles. The van der Waals surface area contributed by atoms with E-state index in [9.17, 15) is 9.59 Å². The molecule has 0 aromatic heterocycles. The van der Waals surface area contributed by atoms with Crippen molar-refractivity contribution in [3.63, 3.8) is 0 Å². The van der Waals surface area contributed by atoms with E-state index in [1.807, 2.05) is 30.3 Å². The molecule has 0 aliphatic carbocycles. The van der Waals surface area contributed by atoms with Crippen LogP contribution in [0.3, 0.4) is 0 Å². The summed E-state index contributed by atoms with van der Waals surface area (Å²) in [5.41, 5.74) is 0.985. The van der Waals surface area contributed by atoms with Crippen LogP contribution in [0.2, 0.25) is 0 Å². The van der Waals surface area contributed by atoms with Crippen LogP contribution in [0.15, 0.2) is 30.3 Å². The number of hydrogen-bond donors (Lipinski definition) is 0. The van der Waals surface area contributed by atoms with Crippen LogP contribution in [0, 0.1) is 0 Å². The van der Waals surface area contributed by atoms with Crippen molar-refractivity contribution in [2.24, 2.45) is 0 Å². The Morgan fingerprint density at radius 3 is 2.43 bits per heavy atom. The highest BCUT2D eigenvalue weighted by Crippen LogP contribution is 2.15. The number of nitrogens with zero attached hydrogens (tertiary/aromatic N) is 2. The van der Waals surface area contributed by atoms with E-state index in [1.165, 1.54) is 4.90 Å². The molecule has 21 heavy (non-hydrogen) atoms. The summed E-state index contributed by atoms with van der Waals surface area (Å²) < 4.78 is 0. The topological polar surface area (TPSA) is 40.6 Å². The van der Waals surface area contributed by atoms with Gasteiger partial charge in [-0.3, -0.25) is 9.69 Å². The second kappa shape index (κ2) is 8.17. The van der Waals surface area contributed by atoms with Gasteiger partial charge in [0.15, 0.2) is 0 Å². The highest BCUT2D eigenvalue weighted by molar-refractivity contribution is 9.09. The maximum atomic E-state index is 12.3. The molecule has 5 heteroatoms. The van der Waals surface area contributed by atoms with Gasteiger partial charge in [0.2, 0.25) is 0 Å². The molecule has 0 radical (unpaired) electrons. The Bertz CT molecular complexity index is 478. The summed E-state index contributed by atoms with van der Waals surface area (Å²) in [4.78, 5) is 27.3. The maximum Gasteiger partial charge on any atom is 0.327 e. The average molecular weight is 353 g/mol. The van der Waals surface area contributed by atoms with Crippen molar-refractivity contribution in [1.29, 1.82) is 0 Å². The van der Waals surface area contributed by atoms with Crippen molar-refractivity contribution in [2.45, 2.75) is 32.2 Å². The number of carbonyl (C=O) groups excluding carboxylic acids is 2. The average Bonchev–Trinajstić information content (AvgIpc) is 2.76. The van der Waals surface area contributed by atoms with Crippen molar-refractivity contribution in [1.82, 2.24) is 9.80 Å². The summed E-state index contributed by atoms with van der Waals surface area (Å²) >= 11 is 3.41. The van der Waals surface area contributed by atoms with Crippen LogP contribution >= 0.6 is 15.9 Å². The van der Waals surface area contributed by atoms with Gasteiger partial charge in [0.25, 0.3) is 5.91 Å². The second-order valence-corrected chi connectivity index (χ2v) is 6.07. The van der Waals surface area contributed by atoms with E-state index < -0.39 is 0 Å². The molecule has 4 nitrogen and oxygen atoms in total. The highest BCUT2D eigenvalue weighted by atomic mass is 79.9. The number of rotatable bonds is 8. The normalized spacial score (nSPS) is 15.1. The van der Waals surface area contributed by atoms with Gasteiger partial charge in [-0.15, -0.1) is 0 Å². The predicted molar refractivity (Wildman–Crippen MR) is 86.2 cm³/mol. The Hall–Kier alpha value is -1.36. The van der Waals surface area contributed by atoms with Crippen molar-refractivity contribution < 1.29 is 9.59 Å². The van der Waals surface area contributed by atoms with Gasteiger partial charge in [-0.1, -0.05) is 59.1 Å². The molecule has 1 aromatic carbocycles. The summed E-state index contributed by atoms with van der Waals surface area (Å²) in [6.45, 7) is 1.28. The number of imide groups is 1. The van der Waals surface area contributed by atoms with Crippen molar-refractivity contribution in [3.05, 3.63) is 35.9 Å². The van der Waals surface area contributed by atoms with Crippen molar-refractivity contribution in [3.8, 4) is 0 Å². The molecule has 0 bridgehead atoms. The minimum atomic E-state index is -0.149. The second-order valence-electron chi connectivity index (χ2n) is 5.27. The first-order valence-corrected chi connectivity index (χ1v) is 8.53. The molecule has 0 spiro atoms. The van der Waals surface area contributed by atoms with Crippen LogP contribution in [-0.4, -0.2) is 40.2 Å². The standard InChI is InChI=1S/C16H21BrN2O2/c17-10-6-1-2-7-11-18-13-15(20)19(16(18)21)12-14-8-4-3-5-9-14/h3-5,8-9H,1-2,6-7,10-13H2. The summed E-state index contributed by atoms with van der Waals surface area (Å²) in [5.74, 6) is -0.0932. The Labute approximate surface area is 134 Å². The number of urea groups is 1. The first kappa shape index (κ1) is 16.0. The molecule has 1 fully saturated rings. The first-order chi connectivity index (χ1) is 10.2. The molecule has 2 rings (SSSR count). The number of amides is 3. The van der Waals surface area contributed by atoms with Crippen LogP contribution in [0.4, 0.5) is 4.79 Å². The predicted octanol–water partition coefficient (Wildman–Crippen LogP) is 3.41. The van der Waals surface area contributed by atoms with Gasteiger partial charge in [0, 0.05) is 11.9 Å². The molecule has 1 aliphatic heterocycles. The van der Waals surface area contributed by atoms with Gasteiger partial charge in [-0.25, -0.2) is 4.79 Å². The number of carbonyl (C=O) groups is 2. The lowest BCUT2D eigenvalue weighted by molar-refractivity contribution is -0.125. The molecular formula is C16H21BrN2O2. The molecule has 0 unspecified atom stereocenters. The molecule has 0 atom stereocenters. The number of alkyl halides is 1. The van der Waals surface area contributed by atoms with E-state index in [0.29, 0.717) is 13.1 Å². The van der Waals surface area contributed by atoms with Crippen LogP contribution in [0.1, 0.15) is 31.2 Å². The lowest BCUT2D eigenvalue weighted by Crippen LogP contribution is -2.33. The third-order valence-electron chi connectivity index (χ3n) is 3.62. The van der Waals surface area contributed by atoms with Gasteiger partial charge in [-0.2, -0.15) is 0 Å². The van der Waals surface area contributed by atoms with E-state index >= 15 is 0 Å². The quantitative estimate of drug-likeness (QED) is 0.408.